The molecule has 0 radical (unpaired) electrons. The fourth-order valence-electron chi connectivity index (χ4n) is 3.87. The van der Waals surface area contributed by atoms with Crippen LogP contribution in [0, 0.1) is 11.8 Å². The van der Waals surface area contributed by atoms with Crippen LogP contribution in [-0.2, 0) is 42.0 Å². The second-order valence-corrected chi connectivity index (χ2v) is 11.6. The third-order valence-electron chi connectivity index (χ3n) is 6.18. The molecule has 0 heterocycles. The van der Waals surface area contributed by atoms with Crippen molar-refractivity contribution >= 4 is 33.6 Å². The second-order valence-electron chi connectivity index (χ2n) is 9.64. The van der Waals surface area contributed by atoms with Crippen LogP contribution in [0.1, 0.15) is 37.8 Å². The maximum atomic E-state index is 13.0. The lowest BCUT2D eigenvalue weighted by Gasteiger charge is -2.23. The molecule has 1 unspecified atom stereocenters. The van der Waals surface area contributed by atoms with E-state index in [1.165, 1.54) is 0 Å². The van der Waals surface area contributed by atoms with E-state index >= 15 is 0 Å². The van der Waals surface area contributed by atoms with E-state index < -0.39 is 52.6 Å². The first-order chi connectivity index (χ1) is 18.5. The summed E-state index contributed by atoms with van der Waals surface area (Å²) in [6.45, 7) is 3.22. The van der Waals surface area contributed by atoms with E-state index in [-0.39, 0.29) is 30.4 Å². The summed E-state index contributed by atoms with van der Waals surface area (Å²) in [6, 6.07) is 17.1. The van der Waals surface area contributed by atoms with Gasteiger partial charge in [0.1, 0.15) is 0 Å². The molecule has 0 aliphatic rings. The van der Waals surface area contributed by atoms with E-state index in [9.17, 15) is 32.7 Å². The number of amides is 2. The summed E-state index contributed by atoms with van der Waals surface area (Å²) >= 11 is 0. The number of sulfonamides is 1. The van der Waals surface area contributed by atoms with Crippen molar-refractivity contribution in [2.45, 2.75) is 45.6 Å². The number of carboxylic acid groups (broad SMARTS) is 1. The summed E-state index contributed by atoms with van der Waals surface area (Å²) in [7, 11) is -3.82. The van der Waals surface area contributed by atoms with Crippen molar-refractivity contribution in [2.75, 3.05) is 18.8 Å². The Balaban J connectivity index is 1.92. The van der Waals surface area contributed by atoms with Crippen molar-refractivity contribution in [3.05, 3.63) is 71.8 Å². The number of carbonyl (C=O) groups excluding carboxylic acids is 3. The van der Waals surface area contributed by atoms with Crippen molar-refractivity contribution in [3.8, 4) is 0 Å². The molecular formula is C28H37N3O7S. The van der Waals surface area contributed by atoms with E-state index in [1.807, 2.05) is 36.4 Å². The van der Waals surface area contributed by atoms with Crippen molar-refractivity contribution in [1.29, 1.82) is 0 Å². The molecule has 2 atom stereocenters. The van der Waals surface area contributed by atoms with E-state index in [4.69, 9.17) is 0 Å². The molecule has 4 N–H and O–H groups in total. The number of carboxylic acids is 1. The minimum atomic E-state index is -3.82. The average Bonchev–Trinajstić information content (AvgIpc) is 2.89. The fourth-order valence-corrected chi connectivity index (χ4v) is 4.88. The van der Waals surface area contributed by atoms with Crippen LogP contribution in [0.4, 0.5) is 0 Å². The molecule has 0 bridgehead atoms. The summed E-state index contributed by atoms with van der Waals surface area (Å²) in [6.07, 6.45) is 0.00743. The average molecular weight is 560 g/mol. The van der Waals surface area contributed by atoms with Gasteiger partial charge < -0.3 is 15.7 Å². The first kappa shape index (κ1) is 31.6. The zero-order valence-corrected chi connectivity index (χ0v) is 23.1. The number of ketones is 1. The Kier molecular flexibility index (Phi) is 12.8. The van der Waals surface area contributed by atoms with Crippen molar-refractivity contribution in [2.24, 2.45) is 11.8 Å². The Labute approximate surface area is 229 Å². The fraction of sp³-hybridized carbons (Fsp3) is 0.429. The summed E-state index contributed by atoms with van der Waals surface area (Å²) < 4.78 is 26.9. The highest BCUT2D eigenvalue weighted by Gasteiger charge is 2.30. The molecule has 0 aromatic heterocycles. The highest BCUT2D eigenvalue weighted by molar-refractivity contribution is 7.89. The smallest absolute Gasteiger partial charge is 0.305 e. The van der Waals surface area contributed by atoms with Crippen molar-refractivity contribution in [3.63, 3.8) is 0 Å². The van der Waals surface area contributed by atoms with Gasteiger partial charge in [-0.2, -0.15) is 0 Å². The lowest BCUT2D eigenvalue weighted by Crippen LogP contribution is -2.49. The number of aryl methyl sites for hydroxylation is 1. The van der Waals surface area contributed by atoms with E-state index in [2.05, 4.69) is 15.4 Å². The first-order valence-corrected chi connectivity index (χ1v) is 14.5. The van der Waals surface area contributed by atoms with Crippen LogP contribution in [0.3, 0.4) is 0 Å². The summed E-state index contributed by atoms with van der Waals surface area (Å²) in [4.78, 5) is 49.6. The monoisotopic (exact) mass is 559 g/mol. The maximum absolute atomic E-state index is 13.0. The molecule has 0 fully saturated rings. The SMILES string of the molecule is CC(C)[C@H](CC(=O)NCCc1ccccc1)C(=O)NC(CC(=O)O)C(=O)CNS(=O)(=O)CCc1ccccc1. The van der Waals surface area contributed by atoms with Crippen LogP contribution in [0.15, 0.2) is 60.7 Å². The summed E-state index contributed by atoms with van der Waals surface area (Å²) in [5, 5.41) is 14.5. The molecule has 2 aromatic carbocycles. The van der Waals surface area contributed by atoms with E-state index in [0.29, 0.717) is 13.0 Å². The molecule has 10 nitrogen and oxygen atoms in total. The topological polar surface area (TPSA) is 159 Å². The van der Waals surface area contributed by atoms with Gasteiger partial charge in [-0.15, -0.1) is 0 Å². The van der Waals surface area contributed by atoms with Crippen LogP contribution >= 0.6 is 0 Å². The van der Waals surface area contributed by atoms with Gasteiger partial charge in [-0.05, 0) is 29.9 Å². The molecule has 11 heteroatoms. The van der Waals surface area contributed by atoms with Gasteiger partial charge >= 0.3 is 5.97 Å². The minimum Gasteiger partial charge on any atom is -0.481 e. The molecule has 2 aromatic rings. The standard InChI is InChI=1S/C28H37N3O7S/c1-20(2)23(17-26(33)29-15-13-21-9-5-3-6-10-21)28(36)31-24(18-27(34)35)25(32)19-30-39(37,38)16-14-22-11-7-4-8-12-22/h3-12,20,23-24,30H,13-19H2,1-2H3,(H,29,33)(H,31,36)(H,34,35)/t23-,24?/m0/s1. The van der Waals surface area contributed by atoms with Crippen LogP contribution in [0.25, 0.3) is 0 Å². The van der Waals surface area contributed by atoms with Crippen LogP contribution < -0.4 is 15.4 Å². The second kappa shape index (κ2) is 15.7. The number of hydrogen-bond acceptors (Lipinski definition) is 6. The largest absolute Gasteiger partial charge is 0.481 e. The van der Waals surface area contributed by atoms with Gasteiger partial charge in [-0.1, -0.05) is 74.5 Å². The van der Waals surface area contributed by atoms with Gasteiger partial charge in [0.2, 0.25) is 21.8 Å². The van der Waals surface area contributed by atoms with Crippen molar-refractivity contribution in [1.82, 2.24) is 15.4 Å². The molecule has 2 amide bonds. The quantitative estimate of drug-likeness (QED) is 0.230. The molecule has 39 heavy (non-hydrogen) atoms. The highest BCUT2D eigenvalue weighted by Crippen LogP contribution is 2.16. The highest BCUT2D eigenvalue weighted by atomic mass is 32.2. The van der Waals surface area contributed by atoms with E-state index in [0.717, 1.165) is 11.1 Å². The number of hydrogen-bond donors (Lipinski definition) is 4. The Hall–Kier alpha value is -3.57. The zero-order chi connectivity index (χ0) is 28.8. The third kappa shape index (κ3) is 12.2. The number of rotatable bonds is 17. The predicted molar refractivity (Wildman–Crippen MR) is 147 cm³/mol. The Morgan fingerprint density at radius 1 is 0.846 bits per heavy atom. The number of carbonyl (C=O) groups is 4. The Morgan fingerprint density at radius 3 is 1.95 bits per heavy atom. The third-order valence-corrected chi connectivity index (χ3v) is 7.50. The van der Waals surface area contributed by atoms with Crippen LogP contribution in [-0.4, -0.2) is 62.0 Å². The Bertz CT molecular complexity index is 1200. The minimum absolute atomic E-state index is 0.140. The molecule has 212 valence electrons. The number of Topliss-reactive ketones (excluding diaryl/α,β-unsaturated/α-hetero) is 1. The summed E-state index contributed by atoms with van der Waals surface area (Å²) in [5.74, 6) is -4.45. The van der Waals surface area contributed by atoms with Crippen LogP contribution in [0.5, 0.6) is 0 Å². The van der Waals surface area contributed by atoms with Gasteiger partial charge in [0.25, 0.3) is 0 Å². The molecular weight excluding hydrogens is 522 g/mol. The number of nitrogens with one attached hydrogen (secondary N) is 3. The maximum Gasteiger partial charge on any atom is 0.305 e. The van der Waals surface area contributed by atoms with Gasteiger partial charge in [0.05, 0.1) is 24.8 Å². The molecule has 0 aliphatic heterocycles. The lowest BCUT2D eigenvalue weighted by molar-refractivity contribution is -0.141. The number of benzene rings is 2. The Morgan fingerprint density at radius 2 is 1.41 bits per heavy atom. The number of aliphatic carboxylic acids is 1. The lowest BCUT2D eigenvalue weighted by atomic mass is 9.90. The van der Waals surface area contributed by atoms with Gasteiger partial charge in [-0.3, -0.25) is 19.2 Å². The molecule has 0 spiro atoms. The zero-order valence-electron chi connectivity index (χ0n) is 22.3. The van der Waals surface area contributed by atoms with Gasteiger partial charge in [-0.25, -0.2) is 13.1 Å². The van der Waals surface area contributed by atoms with Crippen molar-refractivity contribution < 1.29 is 32.7 Å². The molecule has 0 saturated carbocycles. The first-order valence-electron chi connectivity index (χ1n) is 12.8. The van der Waals surface area contributed by atoms with Crippen LogP contribution in [0.2, 0.25) is 0 Å². The summed E-state index contributed by atoms with van der Waals surface area (Å²) in [5.41, 5.74) is 1.87. The molecule has 0 saturated heterocycles. The molecule has 0 aliphatic carbocycles. The van der Waals surface area contributed by atoms with E-state index in [1.54, 1.807) is 38.1 Å². The molecule has 2 rings (SSSR count). The predicted octanol–water partition coefficient (Wildman–Crippen LogP) is 1.70. The van der Waals surface area contributed by atoms with Gasteiger partial charge in [0.15, 0.2) is 5.78 Å². The van der Waals surface area contributed by atoms with Gasteiger partial charge in [0, 0.05) is 18.9 Å². The normalized spacial score (nSPS) is 12.9.